The second-order valence-corrected chi connectivity index (χ2v) is 5.69. The summed E-state index contributed by atoms with van der Waals surface area (Å²) in [4.78, 5) is 0. The van der Waals surface area contributed by atoms with E-state index in [1.807, 2.05) is 19.1 Å². The van der Waals surface area contributed by atoms with Crippen molar-refractivity contribution in [2.45, 2.75) is 19.4 Å². The molecule has 1 atom stereocenters. The van der Waals surface area contributed by atoms with Gasteiger partial charge in [-0.1, -0.05) is 23.2 Å². The van der Waals surface area contributed by atoms with Crippen molar-refractivity contribution in [2.75, 3.05) is 13.7 Å². The molecule has 19 heavy (non-hydrogen) atoms. The Morgan fingerprint density at radius 2 is 2.21 bits per heavy atom. The second kappa shape index (κ2) is 8.00. The second-order valence-electron chi connectivity index (χ2n) is 4.14. The Bertz CT molecular complexity index is 464. The predicted octanol–water partition coefficient (Wildman–Crippen LogP) is 4.05. The molecule has 0 bridgehead atoms. The Hall–Kier alpha value is -0.420. The van der Waals surface area contributed by atoms with Crippen molar-refractivity contribution >= 4 is 39.1 Å². The van der Waals surface area contributed by atoms with Crippen molar-refractivity contribution < 1.29 is 9.47 Å². The predicted molar refractivity (Wildman–Crippen MR) is 83.3 cm³/mol. The van der Waals surface area contributed by atoms with Crippen LogP contribution in [0.15, 0.2) is 27.2 Å². The highest BCUT2D eigenvalue weighted by atomic mass is 79.9. The van der Waals surface area contributed by atoms with Crippen LogP contribution in [0.4, 0.5) is 0 Å². The minimum Gasteiger partial charge on any atom is -0.493 e. The van der Waals surface area contributed by atoms with Crippen LogP contribution in [-0.4, -0.2) is 19.8 Å². The number of hydrogen-bond donors (Lipinski definition) is 1. The van der Waals surface area contributed by atoms with Gasteiger partial charge in [-0.2, -0.15) is 0 Å². The van der Waals surface area contributed by atoms with Gasteiger partial charge in [-0.3, -0.25) is 0 Å². The van der Waals surface area contributed by atoms with Crippen LogP contribution in [0, 0.1) is 0 Å². The molecule has 1 rings (SSSR count). The van der Waals surface area contributed by atoms with Crippen LogP contribution in [0.5, 0.6) is 11.5 Å². The van der Waals surface area contributed by atoms with E-state index in [1.54, 1.807) is 7.11 Å². The molecule has 1 aromatic carbocycles. The van der Waals surface area contributed by atoms with Gasteiger partial charge in [0.1, 0.15) is 6.61 Å². The van der Waals surface area contributed by atoms with Crippen molar-refractivity contribution in [1.82, 2.24) is 0 Å². The van der Waals surface area contributed by atoms with Gasteiger partial charge in [-0.25, -0.2) is 0 Å². The lowest BCUT2D eigenvalue weighted by Gasteiger charge is -2.15. The van der Waals surface area contributed by atoms with Gasteiger partial charge in [0, 0.05) is 11.6 Å². The molecule has 0 radical (unpaired) electrons. The molecular weight excluding hydrogens is 353 g/mol. The van der Waals surface area contributed by atoms with E-state index in [0.29, 0.717) is 16.5 Å². The van der Waals surface area contributed by atoms with Crippen LogP contribution in [0.25, 0.3) is 0 Å². The quantitative estimate of drug-likeness (QED) is 0.823. The Kier molecular flexibility index (Phi) is 7.00. The summed E-state index contributed by atoms with van der Waals surface area (Å²) in [6.45, 7) is 2.14. The molecule has 1 unspecified atom stereocenters. The zero-order valence-corrected chi connectivity index (χ0v) is 13.8. The molecule has 1 aromatic rings. The number of ether oxygens (including phenoxy) is 2. The summed E-state index contributed by atoms with van der Waals surface area (Å²) >= 11 is 14.7. The van der Waals surface area contributed by atoms with E-state index in [1.165, 1.54) is 5.54 Å². The third-order valence-electron chi connectivity index (χ3n) is 2.32. The maximum atomic E-state index is 5.79. The fraction of sp³-hybridized carbons (Fsp3) is 0.385. The molecule has 106 valence electrons. The molecule has 3 nitrogen and oxygen atoms in total. The molecular formula is C13H16BrCl2NO2. The average Bonchev–Trinajstić information content (AvgIpc) is 2.35. The summed E-state index contributed by atoms with van der Waals surface area (Å²) in [5, 5.41) is 0.412. The number of halogens is 3. The molecule has 0 saturated carbocycles. The Balaban J connectivity index is 2.97. The fourth-order valence-electron chi connectivity index (χ4n) is 1.58. The molecule has 0 spiro atoms. The van der Waals surface area contributed by atoms with Crippen molar-refractivity contribution in [3.05, 3.63) is 32.7 Å². The van der Waals surface area contributed by atoms with E-state index in [-0.39, 0.29) is 12.6 Å². The van der Waals surface area contributed by atoms with Gasteiger partial charge in [-0.15, -0.1) is 0 Å². The van der Waals surface area contributed by atoms with Gasteiger partial charge in [0.15, 0.2) is 11.5 Å². The number of benzene rings is 1. The largest absolute Gasteiger partial charge is 0.493 e. The first-order chi connectivity index (χ1) is 8.97. The lowest BCUT2D eigenvalue weighted by Crippen LogP contribution is -2.17. The lowest BCUT2D eigenvalue weighted by molar-refractivity contribution is 0.321. The Labute approximate surface area is 131 Å². The van der Waals surface area contributed by atoms with Crippen molar-refractivity contribution in [1.29, 1.82) is 0 Å². The van der Waals surface area contributed by atoms with Crippen molar-refractivity contribution in [2.24, 2.45) is 5.73 Å². The van der Waals surface area contributed by atoms with Gasteiger partial charge in [-0.05, 0) is 47.0 Å². The van der Waals surface area contributed by atoms with Gasteiger partial charge in [0.2, 0.25) is 0 Å². The third kappa shape index (κ3) is 5.22. The van der Waals surface area contributed by atoms with E-state index in [4.69, 9.17) is 38.4 Å². The molecule has 0 aliphatic carbocycles. The first kappa shape index (κ1) is 16.6. The van der Waals surface area contributed by atoms with Crippen LogP contribution >= 0.6 is 39.1 Å². The summed E-state index contributed by atoms with van der Waals surface area (Å²) < 4.78 is 11.7. The molecule has 6 heteroatoms. The van der Waals surface area contributed by atoms with E-state index in [0.717, 1.165) is 16.5 Å². The normalized spacial score (nSPS) is 13.3. The van der Waals surface area contributed by atoms with Gasteiger partial charge >= 0.3 is 0 Å². The molecule has 0 aliphatic heterocycles. The summed E-state index contributed by atoms with van der Waals surface area (Å²) in [5.41, 5.74) is 8.14. The van der Waals surface area contributed by atoms with Crippen molar-refractivity contribution in [3.63, 3.8) is 0 Å². The van der Waals surface area contributed by atoms with Crippen LogP contribution in [-0.2, 0) is 6.42 Å². The average molecular weight is 369 g/mol. The number of nitrogens with two attached hydrogens (primary N) is 1. The molecule has 0 aliphatic rings. The molecule has 0 saturated heterocycles. The standard InChI is InChI=1S/C13H16BrCl2NO2/c1-8(17)3-9-4-11(14)13(12(5-9)18-2)19-7-10(16)6-15/h4-6,8H,3,7,17H2,1-2H3. The van der Waals surface area contributed by atoms with Gasteiger partial charge in [0.05, 0.1) is 16.6 Å². The summed E-state index contributed by atoms with van der Waals surface area (Å²) in [7, 11) is 1.59. The zero-order valence-electron chi connectivity index (χ0n) is 10.8. The zero-order chi connectivity index (χ0) is 14.4. The molecule has 0 heterocycles. The highest BCUT2D eigenvalue weighted by molar-refractivity contribution is 9.10. The topological polar surface area (TPSA) is 44.5 Å². The third-order valence-corrected chi connectivity index (χ3v) is 3.50. The SMILES string of the molecule is COc1cc(CC(C)N)cc(Br)c1OCC(Cl)=CCl. The monoisotopic (exact) mass is 367 g/mol. The smallest absolute Gasteiger partial charge is 0.175 e. The highest BCUT2D eigenvalue weighted by Gasteiger charge is 2.13. The maximum absolute atomic E-state index is 5.79. The van der Waals surface area contributed by atoms with Crippen LogP contribution < -0.4 is 15.2 Å². The van der Waals surface area contributed by atoms with Gasteiger partial charge in [0.25, 0.3) is 0 Å². The lowest BCUT2D eigenvalue weighted by atomic mass is 10.1. The first-order valence-electron chi connectivity index (χ1n) is 5.67. The van der Waals surface area contributed by atoms with Crippen LogP contribution in [0.3, 0.4) is 0 Å². The molecule has 0 fully saturated rings. The Morgan fingerprint density at radius 3 is 2.74 bits per heavy atom. The molecule has 0 amide bonds. The Morgan fingerprint density at radius 1 is 1.53 bits per heavy atom. The van der Waals surface area contributed by atoms with E-state index < -0.39 is 0 Å². The summed E-state index contributed by atoms with van der Waals surface area (Å²) in [6.07, 6.45) is 0.761. The van der Waals surface area contributed by atoms with Crippen molar-refractivity contribution in [3.8, 4) is 11.5 Å². The van der Waals surface area contributed by atoms with E-state index >= 15 is 0 Å². The van der Waals surface area contributed by atoms with E-state index in [9.17, 15) is 0 Å². The minimum absolute atomic E-state index is 0.0806. The number of rotatable bonds is 6. The molecule has 0 aromatic heterocycles. The fourth-order valence-corrected chi connectivity index (χ4v) is 2.30. The maximum Gasteiger partial charge on any atom is 0.175 e. The van der Waals surface area contributed by atoms with Crippen LogP contribution in [0.1, 0.15) is 12.5 Å². The number of hydrogen-bond acceptors (Lipinski definition) is 3. The number of methoxy groups -OCH3 is 1. The molecule has 2 N–H and O–H groups in total. The summed E-state index contributed by atoms with van der Waals surface area (Å²) in [5.74, 6) is 1.22. The van der Waals surface area contributed by atoms with Crippen LogP contribution in [0.2, 0.25) is 0 Å². The van der Waals surface area contributed by atoms with E-state index in [2.05, 4.69) is 15.9 Å². The first-order valence-corrected chi connectivity index (χ1v) is 7.28. The summed E-state index contributed by atoms with van der Waals surface area (Å²) in [6, 6.07) is 3.94. The van der Waals surface area contributed by atoms with Gasteiger partial charge < -0.3 is 15.2 Å². The highest BCUT2D eigenvalue weighted by Crippen LogP contribution is 2.37. The minimum atomic E-state index is 0.0806.